The summed E-state index contributed by atoms with van der Waals surface area (Å²) in [5.41, 5.74) is 3.94. The number of rotatable bonds is 6. The van der Waals surface area contributed by atoms with E-state index in [0.29, 0.717) is 40.1 Å². The molecule has 0 unspecified atom stereocenters. The van der Waals surface area contributed by atoms with Crippen LogP contribution in [0.2, 0.25) is 0 Å². The van der Waals surface area contributed by atoms with E-state index in [9.17, 15) is 9.59 Å². The topological polar surface area (TPSA) is 67.9 Å². The number of thioether (sulfide) groups is 1. The maximum Gasteiger partial charge on any atom is 0.266 e. The Morgan fingerprint density at radius 3 is 2.77 bits per heavy atom. The van der Waals surface area contributed by atoms with Crippen LogP contribution in [-0.4, -0.2) is 34.4 Å². The Labute approximate surface area is 190 Å². The van der Waals surface area contributed by atoms with Crippen LogP contribution < -0.4 is 14.8 Å². The van der Waals surface area contributed by atoms with Crippen molar-refractivity contribution in [3.63, 3.8) is 0 Å². The minimum Gasteiger partial charge on any atom is -0.454 e. The van der Waals surface area contributed by atoms with Gasteiger partial charge in [-0.3, -0.25) is 14.5 Å². The summed E-state index contributed by atoms with van der Waals surface area (Å²) in [6.45, 7) is 4.66. The molecule has 4 rings (SSSR count). The van der Waals surface area contributed by atoms with E-state index in [4.69, 9.17) is 21.7 Å². The van der Waals surface area contributed by atoms with Crippen molar-refractivity contribution in [1.29, 1.82) is 0 Å². The average Bonchev–Trinajstić information content (AvgIpc) is 3.30. The Kier molecular flexibility index (Phi) is 6.29. The first kappa shape index (κ1) is 21.4. The lowest BCUT2D eigenvalue weighted by atomic mass is 10.1. The lowest BCUT2D eigenvalue weighted by Crippen LogP contribution is -2.29. The zero-order valence-corrected chi connectivity index (χ0v) is 18.9. The van der Waals surface area contributed by atoms with Gasteiger partial charge >= 0.3 is 0 Å². The molecule has 2 aromatic carbocycles. The van der Waals surface area contributed by atoms with Crippen molar-refractivity contribution in [3.8, 4) is 11.5 Å². The third-order valence-electron chi connectivity index (χ3n) is 5.14. The number of carbonyl (C=O) groups excluding carboxylic acids is 2. The second-order valence-electron chi connectivity index (χ2n) is 7.40. The predicted octanol–water partition coefficient (Wildman–Crippen LogP) is 4.65. The van der Waals surface area contributed by atoms with Gasteiger partial charge < -0.3 is 14.8 Å². The first-order valence-corrected chi connectivity index (χ1v) is 11.2. The van der Waals surface area contributed by atoms with Gasteiger partial charge in [-0.15, -0.1) is 0 Å². The molecule has 6 nitrogen and oxygen atoms in total. The lowest BCUT2D eigenvalue weighted by molar-refractivity contribution is -0.122. The molecule has 2 aliphatic heterocycles. The van der Waals surface area contributed by atoms with Crippen molar-refractivity contribution in [1.82, 2.24) is 4.90 Å². The van der Waals surface area contributed by atoms with Crippen molar-refractivity contribution in [2.24, 2.45) is 0 Å². The number of nitrogens with zero attached hydrogens (tertiary/aromatic N) is 1. The molecule has 0 bridgehead atoms. The van der Waals surface area contributed by atoms with Gasteiger partial charge in [0.2, 0.25) is 12.7 Å². The van der Waals surface area contributed by atoms with Crippen LogP contribution in [-0.2, 0) is 9.59 Å². The van der Waals surface area contributed by atoms with E-state index < -0.39 is 0 Å². The van der Waals surface area contributed by atoms with Gasteiger partial charge in [-0.1, -0.05) is 36.1 Å². The Morgan fingerprint density at radius 2 is 1.97 bits per heavy atom. The summed E-state index contributed by atoms with van der Waals surface area (Å²) >= 11 is 6.65. The molecular formula is C23H22N2O4S2. The van der Waals surface area contributed by atoms with Gasteiger partial charge in [-0.05, 0) is 67.3 Å². The zero-order chi connectivity index (χ0) is 22.0. The highest BCUT2D eigenvalue weighted by Crippen LogP contribution is 2.36. The number of hydrogen-bond acceptors (Lipinski definition) is 6. The van der Waals surface area contributed by atoms with Crippen LogP contribution in [0.4, 0.5) is 5.69 Å². The van der Waals surface area contributed by atoms with Crippen LogP contribution >= 0.6 is 24.0 Å². The van der Waals surface area contributed by atoms with Crippen molar-refractivity contribution >= 4 is 51.9 Å². The number of hydrogen-bond donors (Lipinski definition) is 1. The van der Waals surface area contributed by atoms with Crippen LogP contribution in [0.1, 0.15) is 29.5 Å². The average molecular weight is 455 g/mol. The number of carbonyl (C=O) groups is 2. The molecule has 2 heterocycles. The number of amides is 2. The standard InChI is InChI=1S/C23H22N2O4S2/c1-14-5-7-17(10-15(14)2)24-21(26)4-3-9-25-22(27)20(31-23(25)30)12-16-6-8-18-19(11-16)29-13-28-18/h5-8,10-12H,3-4,9,13H2,1-2H3,(H,24,26)/b20-12-. The van der Waals surface area contributed by atoms with E-state index in [2.05, 4.69) is 5.32 Å². The summed E-state index contributed by atoms with van der Waals surface area (Å²) in [7, 11) is 0. The number of nitrogens with one attached hydrogen (secondary N) is 1. The smallest absolute Gasteiger partial charge is 0.266 e. The number of aryl methyl sites for hydroxylation is 2. The predicted molar refractivity (Wildman–Crippen MR) is 126 cm³/mol. The third-order valence-corrected chi connectivity index (χ3v) is 6.52. The lowest BCUT2D eigenvalue weighted by Gasteiger charge is -2.14. The van der Waals surface area contributed by atoms with Crippen LogP contribution in [0.3, 0.4) is 0 Å². The zero-order valence-electron chi connectivity index (χ0n) is 17.3. The fourth-order valence-corrected chi connectivity index (χ4v) is 4.60. The summed E-state index contributed by atoms with van der Waals surface area (Å²) in [6, 6.07) is 11.4. The number of anilines is 1. The van der Waals surface area contributed by atoms with Gasteiger partial charge in [-0.2, -0.15) is 0 Å². The maximum absolute atomic E-state index is 12.8. The molecule has 1 fully saturated rings. The number of ether oxygens (including phenoxy) is 2. The molecular weight excluding hydrogens is 432 g/mol. The number of thiocarbonyl (C=S) groups is 1. The maximum atomic E-state index is 12.8. The van der Waals surface area contributed by atoms with Crippen LogP contribution in [0, 0.1) is 13.8 Å². The van der Waals surface area contributed by atoms with Gasteiger partial charge in [0.15, 0.2) is 11.5 Å². The minimum atomic E-state index is -0.137. The summed E-state index contributed by atoms with van der Waals surface area (Å²) in [5.74, 6) is 1.15. The van der Waals surface area contributed by atoms with Gasteiger partial charge in [0.1, 0.15) is 4.32 Å². The summed E-state index contributed by atoms with van der Waals surface area (Å²) in [4.78, 5) is 27.2. The first-order chi connectivity index (χ1) is 14.9. The van der Waals surface area contributed by atoms with Crippen molar-refractivity contribution in [2.45, 2.75) is 26.7 Å². The van der Waals surface area contributed by atoms with Gasteiger partial charge in [0.25, 0.3) is 5.91 Å². The highest BCUT2D eigenvalue weighted by Gasteiger charge is 2.31. The second kappa shape index (κ2) is 9.11. The second-order valence-corrected chi connectivity index (χ2v) is 9.07. The monoisotopic (exact) mass is 454 g/mol. The van der Waals surface area contributed by atoms with E-state index in [1.54, 1.807) is 11.0 Å². The molecule has 0 aliphatic carbocycles. The van der Waals surface area contributed by atoms with Gasteiger partial charge in [0.05, 0.1) is 4.91 Å². The fraction of sp³-hybridized carbons (Fsp3) is 0.261. The van der Waals surface area contributed by atoms with E-state index in [0.717, 1.165) is 16.8 Å². The molecule has 160 valence electrons. The molecule has 0 radical (unpaired) electrons. The molecule has 2 aromatic rings. The SMILES string of the molecule is Cc1ccc(NC(=O)CCCN2C(=O)/C(=C/c3ccc4c(c3)OCO4)SC2=S)cc1C. The quantitative estimate of drug-likeness (QED) is 0.506. The van der Waals surface area contributed by atoms with Crippen LogP contribution in [0.5, 0.6) is 11.5 Å². The van der Waals surface area contributed by atoms with E-state index in [-0.39, 0.29) is 18.6 Å². The highest BCUT2D eigenvalue weighted by atomic mass is 32.2. The molecule has 0 spiro atoms. The normalized spacial score (nSPS) is 16.3. The van der Waals surface area contributed by atoms with Gasteiger partial charge in [-0.25, -0.2) is 0 Å². The molecule has 1 N–H and O–H groups in total. The number of fused-ring (bicyclic) bond motifs is 1. The Bertz CT molecular complexity index is 1100. The Hall–Kier alpha value is -2.84. The molecule has 0 aromatic heterocycles. The highest BCUT2D eigenvalue weighted by molar-refractivity contribution is 8.26. The Morgan fingerprint density at radius 1 is 1.16 bits per heavy atom. The van der Waals surface area contributed by atoms with Crippen molar-refractivity contribution in [3.05, 3.63) is 58.0 Å². The molecule has 0 saturated carbocycles. The molecule has 1 saturated heterocycles. The summed E-state index contributed by atoms with van der Waals surface area (Å²) < 4.78 is 11.2. The van der Waals surface area contributed by atoms with Gasteiger partial charge in [0, 0.05) is 18.7 Å². The molecule has 0 atom stereocenters. The number of benzene rings is 2. The fourth-order valence-electron chi connectivity index (χ4n) is 3.29. The minimum absolute atomic E-state index is 0.0791. The van der Waals surface area contributed by atoms with E-state index >= 15 is 0 Å². The molecule has 2 amide bonds. The first-order valence-electron chi connectivity index (χ1n) is 9.93. The van der Waals surface area contributed by atoms with Crippen molar-refractivity contribution < 1.29 is 19.1 Å². The Balaban J connectivity index is 1.32. The molecule has 2 aliphatic rings. The molecule has 8 heteroatoms. The van der Waals surface area contributed by atoms with Crippen LogP contribution in [0.25, 0.3) is 6.08 Å². The van der Waals surface area contributed by atoms with Crippen LogP contribution in [0.15, 0.2) is 41.3 Å². The summed E-state index contributed by atoms with van der Waals surface area (Å²) in [5, 5.41) is 2.91. The summed E-state index contributed by atoms with van der Waals surface area (Å²) in [6.07, 6.45) is 2.64. The van der Waals surface area contributed by atoms with E-state index in [1.807, 2.05) is 50.2 Å². The largest absolute Gasteiger partial charge is 0.454 e. The third kappa shape index (κ3) is 4.91. The van der Waals surface area contributed by atoms with E-state index in [1.165, 1.54) is 17.3 Å². The molecule has 31 heavy (non-hydrogen) atoms. The van der Waals surface area contributed by atoms with Crippen molar-refractivity contribution in [2.75, 3.05) is 18.7 Å².